The van der Waals surface area contributed by atoms with E-state index in [2.05, 4.69) is 15.1 Å². The highest BCUT2D eigenvalue weighted by atomic mass is 16.2. The molecule has 3 saturated heterocycles. The SMILES string of the molecule is O=C(CN1CCN(C(=O)C2CC3CCCCC3N2)CC1)N1CCCCCC1. The van der Waals surface area contributed by atoms with Gasteiger partial charge in [-0.15, -0.1) is 0 Å². The molecule has 3 atom stereocenters. The van der Waals surface area contributed by atoms with E-state index in [-0.39, 0.29) is 11.9 Å². The highest BCUT2D eigenvalue weighted by Gasteiger charge is 2.40. The zero-order chi connectivity index (χ0) is 18.6. The fraction of sp³-hybridized carbons (Fsp3) is 0.905. The topological polar surface area (TPSA) is 55.9 Å². The van der Waals surface area contributed by atoms with Gasteiger partial charge in [0, 0.05) is 45.3 Å². The number of nitrogens with one attached hydrogen (secondary N) is 1. The van der Waals surface area contributed by atoms with E-state index in [9.17, 15) is 9.59 Å². The van der Waals surface area contributed by atoms with Crippen molar-refractivity contribution < 1.29 is 9.59 Å². The summed E-state index contributed by atoms with van der Waals surface area (Å²) in [4.78, 5) is 31.8. The smallest absolute Gasteiger partial charge is 0.239 e. The molecule has 4 fully saturated rings. The summed E-state index contributed by atoms with van der Waals surface area (Å²) in [5.41, 5.74) is 0. The highest BCUT2D eigenvalue weighted by molar-refractivity contribution is 5.82. The summed E-state index contributed by atoms with van der Waals surface area (Å²) in [6.45, 7) is 5.54. The Hall–Kier alpha value is -1.14. The number of nitrogens with zero attached hydrogens (tertiary/aromatic N) is 3. The minimum Gasteiger partial charge on any atom is -0.342 e. The molecule has 3 heterocycles. The second-order valence-electron chi connectivity index (χ2n) is 9.00. The van der Waals surface area contributed by atoms with Crippen molar-refractivity contribution in [3.8, 4) is 0 Å². The van der Waals surface area contributed by atoms with Crippen LogP contribution in [0.3, 0.4) is 0 Å². The molecular formula is C21H36N4O2. The van der Waals surface area contributed by atoms with Crippen molar-refractivity contribution in [2.45, 2.75) is 69.9 Å². The molecule has 1 saturated carbocycles. The van der Waals surface area contributed by atoms with E-state index in [0.717, 1.165) is 58.5 Å². The van der Waals surface area contributed by atoms with Crippen molar-refractivity contribution in [2.24, 2.45) is 5.92 Å². The normalized spacial score (nSPS) is 32.8. The maximum atomic E-state index is 12.9. The van der Waals surface area contributed by atoms with Crippen molar-refractivity contribution in [1.82, 2.24) is 20.0 Å². The van der Waals surface area contributed by atoms with Gasteiger partial charge in [0.15, 0.2) is 0 Å². The first kappa shape index (κ1) is 19.2. The van der Waals surface area contributed by atoms with Crippen molar-refractivity contribution >= 4 is 11.8 Å². The second-order valence-corrected chi connectivity index (χ2v) is 9.00. The lowest BCUT2D eigenvalue weighted by Crippen LogP contribution is -2.55. The summed E-state index contributed by atoms with van der Waals surface area (Å²) in [5, 5.41) is 3.62. The molecular weight excluding hydrogens is 340 g/mol. The number of hydrogen-bond donors (Lipinski definition) is 1. The Labute approximate surface area is 163 Å². The van der Waals surface area contributed by atoms with Crippen LogP contribution in [0, 0.1) is 5.92 Å². The minimum atomic E-state index is 0.0309. The third-order valence-corrected chi connectivity index (χ3v) is 7.16. The van der Waals surface area contributed by atoms with Gasteiger partial charge in [0.2, 0.25) is 11.8 Å². The van der Waals surface area contributed by atoms with E-state index in [4.69, 9.17) is 0 Å². The molecule has 27 heavy (non-hydrogen) atoms. The molecule has 0 radical (unpaired) electrons. The summed E-state index contributed by atoms with van der Waals surface area (Å²) in [6, 6.07) is 0.601. The first-order valence-corrected chi connectivity index (χ1v) is 11.3. The third-order valence-electron chi connectivity index (χ3n) is 7.16. The molecule has 4 aliphatic rings. The summed E-state index contributed by atoms with van der Waals surface area (Å²) >= 11 is 0. The number of rotatable bonds is 3. The van der Waals surface area contributed by atoms with E-state index in [0.29, 0.717) is 24.4 Å². The number of fused-ring (bicyclic) bond motifs is 1. The van der Waals surface area contributed by atoms with Gasteiger partial charge in [0.25, 0.3) is 0 Å². The van der Waals surface area contributed by atoms with Crippen LogP contribution in [0.15, 0.2) is 0 Å². The Kier molecular flexibility index (Phi) is 6.33. The molecule has 2 amide bonds. The zero-order valence-electron chi connectivity index (χ0n) is 16.7. The van der Waals surface area contributed by atoms with E-state index in [1.54, 1.807) is 0 Å². The lowest BCUT2D eigenvalue weighted by Gasteiger charge is -2.36. The number of amides is 2. The molecule has 0 aromatic heterocycles. The summed E-state index contributed by atoms with van der Waals surface area (Å²) in [7, 11) is 0. The van der Waals surface area contributed by atoms with E-state index in [1.807, 2.05) is 4.90 Å². The lowest BCUT2D eigenvalue weighted by atomic mass is 9.85. The van der Waals surface area contributed by atoms with E-state index in [1.165, 1.54) is 38.5 Å². The molecule has 6 nitrogen and oxygen atoms in total. The Balaban J connectivity index is 1.21. The maximum absolute atomic E-state index is 12.9. The summed E-state index contributed by atoms with van der Waals surface area (Å²) in [5.74, 6) is 1.28. The molecule has 152 valence electrons. The van der Waals surface area contributed by atoms with Crippen LogP contribution in [0.4, 0.5) is 0 Å². The van der Waals surface area contributed by atoms with Crippen molar-refractivity contribution in [3.05, 3.63) is 0 Å². The maximum Gasteiger partial charge on any atom is 0.239 e. The average molecular weight is 377 g/mol. The standard InChI is InChI=1S/C21H36N4O2/c26-20(24-9-5-1-2-6-10-24)16-23-11-13-25(14-12-23)21(27)19-15-17-7-3-4-8-18(17)22-19/h17-19,22H,1-16H2. The van der Waals surface area contributed by atoms with Crippen LogP contribution in [0.5, 0.6) is 0 Å². The molecule has 1 N–H and O–H groups in total. The quantitative estimate of drug-likeness (QED) is 0.810. The number of likely N-dealkylation sites (tertiary alicyclic amines) is 1. The van der Waals surface area contributed by atoms with E-state index >= 15 is 0 Å². The Bertz CT molecular complexity index is 510. The molecule has 0 spiro atoms. The Morgan fingerprint density at radius 1 is 0.778 bits per heavy atom. The van der Waals surface area contributed by atoms with E-state index < -0.39 is 0 Å². The van der Waals surface area contributed by atoms with Gasteiger partial charge < -0.3 is 15.1 Å². The van der Waals surface area contributed by atoms with Gasteiger partial charge in [-0.1, -0.05) is 25.7 Å². The Morgan fingerprint density at radius 2 is 1.48 bits per heavy atom. The summed E-state index contributed by atoms with van der Waals surface area (Å²) < 4.78 is 0. The molecule has 3 aliphatic heterocycles. The van der Waals surface area contributed by atoms with Gasteiger partial charge >= 0.3 is 0 Å². The molecule has 0 bridgehead atoms. The third kappa shape index (κ3) is 4.65. The van der Waals surface area contributed by atoms with Crippen LogP contribution in [-0.2, 0) is 9.59 Å². The van der Waals surface area contributed by atoms with Crippen molar-refractivity contribution in [3.63, 3.8) is 0 Å². The fourth-order valence-corrected chi connectivity index (χ4v) is 5.47. The molecule has 3 unspecified atom stereocenters. The molecule has 0 aromatic rings. The molecule has 0 aromatic carbocycles. The lowest BCUT2D eigenvalue weighted by molar-refractivity contribution is -0.136. The monoisotopic (exact) mass is 376 g/mol. The first-order valence-electron chi connectivity index (χ1n) is 11.3. The highest BCUT2D eigenvalue weighted by Crippen LogP contribution is 2.33. The Morgan fingerprint density at radius 3 is 2.19 bits per heavy atom. The van der Waals surface area contributed by atoms with Gasteiger partial charge in [-0.25, -0.2) is 0 Å². The number of carbonyl (C=O) groups excluding carboxylic acids is 2. The van der Waals surface area contributed by atoms with Gasteiger partial charge in [0.05, 0.1) is 12.6 Å². The van der Waals surface area contributed by atoms with Crippen molar-refractivity contribution in [1.29, 1.82) is 0 Å². The summed E-state index contributed by atoms with van der Waals surface area (Å²) in [6.07, 6.45) is 11.0. The van der Waals surface area contributed by atoms with Gasteiger partial charge in [0.1, 0.15) is 0 Å². The van der Waals surface area contributed by atoms with Crippen LogP contribution in [0.1, 0.15) is 57.8 Å². The predicted octanol–water partition coefficient (Wildman–Crippen LogP) is 1.45. The van der Waals surface area contributed by atoms with Crippen LogP contribution < -0.4 is 5.32 Å². The average Bonchev–Trinajstić information content (AvgIpc) is 2.94. The minimum absolute atomic E-state index is 0.0309. The molecule has 6 heteroatoms. The number of piperazine rings is 1. The second kappa shape index (κ2) is 8.91. The van der Waals surface area contributed by atoms with Gasteiger partial charge in [-0.05, 0) is 38.0 Å². The molecule has 1 aliphatic carbocycles. The predicted molar refractivity (Wildman–Crippen MR) is 105 cm³/mol. The van der Waals surface area contributed by atoms with Crippen LogP contribution in [0.2, 0.25) is 0 Å². The number of hydrogen-bond acceptors (Lipinski definition) is 4. The van der Waals surface area contributed by atoms with Gasteiger partial charge in [-0.3, -0.25) is 14.5 Å². The zero-order valence-corrected chi connectivity index (χ0v) is 16.7. The van der Waals surface area contributed by atoms with Crippen molar-refractivity contribution in [2.75, 3.05) is 45.8 Å². The largest absolute Gasteiger partial charge is 0.342 e. The van der Waals surface area contributed by atoms with Crippen LogP contribution in [0.25, 0.3) is 0 Å². The number of carbonyl (C=O) groups is 2. The van der Waals surface area contributed by atoms with Gasteiger partial charge in [-0.2, -0.15) is 0 Å². The first-order chi connectivity index (χ1) is 13.2. The fourth-order valence-electron chi connectivity index (χ4n) is 5.47. The van der Waals surface area contributed by atoms with Crippen LogP contribution in [-0.4, -0.2) is 84.4 Å². The molecule has 4 rings (SSSR count). The van der Waals surface area contributed by atoms with Crippen LogP contribution >= 0.6 is 0 Å².